The summed E-state index contributed by atoms with van der Waals surface area (Å²) in [7, 11) is 4.05. The van der Waals surface area contributed by atoms with Gasteiger partial charge in [-0.3, -0.25) is 9.48 Å². The summed E-state index contributed by atoms with van der Waals surface area (Å²) in [5, 5.41) is 13.0. The largest absolute Gasteiger partial charge is 0.338 e. The lowest BCUT2D eigenvalue weighted by Crippen LogP contribution is -2.46. The van der Waals surface area contributed by atoms with Gasteiger partial charge in [0.05, 0.1) is 11.3 Å². The van der Waals surface area contributed by atoms with E-state index in [1.54, 1.807) is 4.68 Å². The minimum Gasteiger partial charge on any atom is -0.338 e. The fraction of sp³-hybridized carbons (Fsp3) is 0.700. The molecule has 2 saturated heterocycles. The maximum atomic E-state index is 13.0. The molecule has 2 aromatic heterocycles. The van der Waals surface area contributed by atoms with Crippen LogP contribution in [0.15, 0.2) is 12.5 Å². The number of aromatic nitrogens is 5. The minimum absolute atomic E-state index is 0.109. The lowest BCUT2D eigenvalue weighted by molar-refractivity contribution is 0.0559. The Morgan fingerprint density at radius 1 is 1.29 bits per heavy atom. The Hall–Kier alpha value is -2.22. The molecule has 1 atom stereocenters. The van der Waals surface area contributed by atoms with E-state index >= 15 is 0 Å². The summed E-state index contributed by atoms with van der Waals surface area (Å²) in [6.45, 7) is 8.71. The zero-order valence-corrected chi connectivity index (χ0v) is 17.4. The third kappa shape index (κ3) is 3.23. The van der Waals surface area contributed by atoms with E-state index in [2.05, 4.69) is 38.7 Å². The van der Waals surface area contributed by atoms with E-state index in [0.29, 0.717) is 5.92 Å². The molecule has 1 amide bonds. The summed E-state index contributed by atoms with van der Waals surface area (Å²) in [6, 6.07) is 0. The van der Waals surface area contributed by atoms with Crippen molar-refractivity contribution in [2.24, 2.45) is 12.5 Å². The molecule has 0 radical (unpaired) electrons. The molecule has 4 rings (SSSR count). The summed E-state index contributed by atoms with van der Waals surface area (Å²) in [5.74, 6) is 1.61. The maximum Gasteiger partial charge on any atom is 0.257 e. The number of likely N-dealkylation sites (tertiary alicyclic amines) is 2. The third-order valence-electron chi connectivity index (χ3n) is 6.53. The SMILES string of the molecule is CCCn1cnnc1C1CN(C)CC12CCN(C(=O)c1cn(C)nc1C)CC2. The normalized spacial score (nSPS) is 22.3. The lowest BCUT2D eigenvalue weighted by Gasteiger charge is -2.42. The molecule has 1 unspecified atom stereocenters. The molecule has 0 N–H and O–H groups in total. The molecule has 0 aliphatic carbocycles. The minimum atomic E-state index is 0.109. The number of hydrogen-bond donors (Lipinski definition) is 0. The fourth-order valence-corrected chi connectivity index (χ4v) is 5.16. The third-order valence-corrected chi connectivity index (χ3v) is 6.53. The van der Waals surface area contributed by atoms with E-state index < -0.39 is 0 Å². The molecule has 2 aliphatic rings. The van der Waals surface area contributed by atoms with Gasteiger partial charge < -0.3 is 14.4 Å². The van der Waals surface area contributed by atoms with Gasteiger partial charge in [-0.15, -0.1) is 10.2 Å². The second kappa shape index (κ2) is 7.31. The van der Waals surface area contributed by atoms with Crippen LogP contribution in [0.4, 0.5) is 0 Å². The highest BCUT2D eigenvalue weighted by atomic mass is 16.2. The number of piperidine rings is 1. The smallest absolute Gasteiger partial charge is 0.257 e. The molecule has 28 heavy (non-hydrogen) atoms. The highest BCUT2D eigenvalue weighted by Gasteiger charge is 2.50. The second-order valence-corrected chi connectivity index (χ2v) is 8.59. The molecular formula is C20H31N7O. The molecule has 2 aliphatic heterocycles. The maximum absolute atomic E-state index is 13.0. The Kier molecular flexibility index (Phi) is 4.99. The van der Waals surface area contributed by atoms with E-state index in [4.69, 9.17) is 0 Å². The molecule has 152 valence electrons. The van der Waals surface area contributed by atoms with Crippen LogP contribution in [-0.2, 0) is 13.6 Å². The van der Waals surface area contributed by atoms with Crippen molar-refractivity contribution in [3.63, 3.8) is 0 Å². The Labute approximate surface area is 166 Å². The summed E-state index contributed by atoms with van der Waals surface area (Å²) >= 11 is 0. The van der Waals surface area contributed by atoms with Gasteiger partial charge in [-0.2, -0.15) is 5.10 Å². The van der Waals surface area contributed by atoms with E-state index in [1.165, 1.54) is 0 Å². The number of likely N-dealkylation sites (N-methyl/N-ethyl adjacent to an activating group) is 1. The van der Waals surface area contributed by atoms with Crippen LogP contribution in [0.1, 0.15) is 54.0 Å². The molecule has 2 aromatic rings. The van der Waals surface area contributed by atoms with Gasteiger partial charge >= 0.3 is 0 Å². The van der Waals surface area contributed by atoms with Gasteiger partial charge in [-0.1, -0.05) is 6.92 Å². The summed E-state index contributed by atoms with van der Waals surface area (Å²) in [6.07, 6.45) is 6.79. The standard InChI is InChI=1S/C20H31N7O/c1-5-8-27-14-21-22-18(27)17-12-24(3)13-20(17)6-9-26(10-7-20)19(28)16-11-25(4)23-15(16)2/h11,14,17H,5-10,12-13H2,1-4H3. The summed E-state index contributed by atoms with van der Waals surface area (Å²) in [4.78, 5) is 17.4. The zero-order valence-electron chi connectivity index (χ0n) is 17.4. The average molecular weight is 386 g/mol. The Bertz CT molecular complexity index is 847. The van der Waals surface area contributed by atoms with Crippen LogP contribution in [0.2, 0.25) is 0 Å². The molecular weight excluding hydrogens is 354 g/mol. The Morgan fingerprint density at radius 2 is 2.04 bits per heavy atom. The molecule has 4 heterocycles. The molecule has 0 bridgehead atoms. The van der Waals surface area contributed by atoms with Crippen LogP contribution in [0.25, 0.3) is 0 Å². The number of aryl methyl sites for hydroxylation is 3. The van der Waals surface area contributed by atoms with E-state index in [0.717, 1.165) is 69.1 Å². The molecule has 0 saturated carbocycles. The number of amides is 1. The highest BCUT2D eigenvalue weighted by Crippen LogP contribution is 2.49. The number of carbonyl (C=O) groups is 1. The second-order valence-electron chi connectivity index (χ2n) is 8.59. The molecule has 2 fully saturated rings. The van der Waals surface area contributed by atoms with Crippen LogP contribution in [0, 0.1) is 12.3 Å². The van der Waals surface area contributed by atoms with Crippen molar-refractivity contribution in [3.8, 4) is 0 Å². The number of carbonyl (C=O) groups excluding carboxylic acids is 1. The van der Waals surface area contributed by atoms with Gasteiger partial charge in [0.25, 0.3) is 5.91 Å². The van der Waals surface area contributed by atoms with Crippen LogP contribution >= 0.6 is 0 Å². The molecule has 8 heteroatoms. The van der Waals surface area contributed by atoms with Crippen molar-refractivity contribution >= 4 is 5.91 Å². The number of hydrogen-bond acceptors (Lipinski definition) is 5. The van der Waals surface area contributed by atoms with Gasteiger partial charge in [0.15, 0.2) is 0 Å². The van der Waals surface area contributed by atoms with Crippen molar-refractivity contribution < 1.29 is 4.79 Å². The van der Waals surface area contributed by atoms with E-state index in [-0.39, 0.29) is 11.3 Å². The van der Waals surface area contributed by atoms with Gasteiger partial charge in [0.1, 0.15) is 12.2 Å². The Balaban J connectivity index is 1.52. The number of nitrogens with zero attached hydrogens (tertiary/aromatic N) is 7. The topological polar surface area (TPSA) is 72.1 Å². The first-order valence-corrected chi connectivity index (χ1v) is 10.3. The molecule has 8 nitrogen and oxygen atoms in total. The van der Waals surface area contributed by atoms with Crippen molar-refractivity contribution in [3.05, 3.63) is 29.6 Å². The predicted molar refractivity (Wildman–Crippen MR) is 106 cm³/mol. The van der Waals surface area contributed by atoms with Crippen LogP contribution in [0.3, 0.4) is 0 Å². The Morgan fingerprint density at radius 3 is 2.68 bits per heavy atom. The van der Waals surface area contributed by atoms with Crippen LogP contribution < -0.4 is 0 Å². The first-order chi connectivity index (χ1) is 13.4. The van der Waals surface area contributed by atoms with Gasteiger partial charge in [-0.05, 0) is 38.6 Å². The fourth-order valence-electron chi connectivity index (χ4n) is 5.16. The van der Waals surface area contributed by atoms with Crippen molar-refractivity contribution in [2.45, 2.75) is 45.6 Å². The lowest BCUT2D eigenvalue weighted by atomic mass is 9.70. The van der Waals surface area contributed by atoms with Gasteiger partial charge in [0.2, 0.25) is 0 Å². The average Bonchev–Trinajstić information content (AvgIpc) is 3.33. The predicted octanol–water partition coefficient (Wildman–Crippen LogP) is 1.68. The highest BCUT2D eigenvalue weighted by molar-refractivity contribution is 5.95. The van der Waals surface area contributed by atoms with Crippen molar-refractivity contribution in [1.29, 1.82) is 0 Å². The van der Waals surface area contributed by atoms with Crippen LogP contribution in [-0.4, -0.2) is 73.5 Å². The van der Waals surface area contributed by atoms with Crippen molar-refractivity contribution in [2.75, 3.05) is 33.2 Å². The van der Waals surface area contributed by atoms with Gasteiger partial charge in [-0.25, -0.2) is 0 Å². The van der Waals surface area contributed by atoms with Gasteiger partial charge in [0, 0.05) is 51.9 Å². The quantitative estimate of drug-likeness (QED) is 0.801. The van der Waals surface area contributed by atoms with Crippen molar-refractivity contribution in [1.82, 2.24) is 34.3 Å². The molecule has 0 aromatic carbocycles. The summed E-state index contributed by atoms with van der Waals surface area (Å²) in [5.41, 5.74) is 1.70. The molecule has 1 spiro atoms. The van der Waals surface area contributed by atoms with E-state index in [1.807, 2.05) is 31.4 Å². The first kappa shape index (κ1) is 19.1. The zero-order chi connectivity index (χ0) is 19.9. The van der Waals surface area contributed by atoms with E-state index in [9.17, 15) is 4.79 Å². The van der Waals surface area contributed by atoms with Crippen LogP contribution in [0.5, 0.6) is 0 Å². The number of rotatable bonds is 4. The monoisotopic (exact) mass is 385 g/mol. The summed E-state index contributed by atoms with van der Waals surface area (Å²) < 4.78 is 3.94. The first-order valence-electron chi connectivity index (χ1n) is 10.3.